The van der Waals surface area contributed by atoms with Crippen molar-refractivity contribution in [3.63, 3.8) is 0 Å². The normalized spacial score (nSPS) is 12.0. The van der Waals surface area contributed by atoms with Crippen molar-refractivity contribution >= 4 is 10.0 Å². The average Bonchev–Trinajstić information content (AvgIpc) is 2.41. The molecule has 4 nitrogen and oxygen atoms in total. The number of nitrogens with one attached hydrogen (secondary N) is 1. The fourth-order valence-electron chi connectivity index (χ4n) is 1.89. The second kappa shape index (κ2) is 8.39. The molecular weight excluding hydrogens is 272 g/mol. The van der Waals surface area contributed by atoms with Gasteiger partial charge in [-0.25, -0.2) is 12.7 Å². The molecule has 0 atom stereocenters. The summed E-state index contributed by atoms with van der Waals surface area (Å²) >= 11 is 0. The summed E-state index contributed by atoms with van der Waals surface area (Å²) in [5.74, 6) is 0.200. The van der Waals surface area contributed by atoms with E-state index in [9.17, 15) is 8.42 Å². The summed E-state index contributed by atoms with van der Waals surface area (Å²) in [5.41, 5.74) is 2.20. The van der Waals surface area contributed by atoms with Crippen molar-refractivity contribution in [3.8, 4) is 0 Å². The van der Waals surface area contributed by atoms with Crippen molar-refractivity contribution in [2.75, 3.05) is 25.9 Å². The van der Waals surface area contributed by atoms with Crippen molar-refractivity contribution in [3.05, 3.63) is 35.4 Å². The maximum atomic E-state index is 12.1. The Morgan fingerprint density at radius 2 is 1.80 bits per heavy atom. The first-order chi connectivity index (χ1) is 9.45. The molecule has 0 fully saturated rings. The van der Waals surface area contributed by atoms with Gasteiger partial charge in [-0.15, -0.1) is 0 Å². The van der Waals surface area contributed by atoms with E-state index in [1.54, 1.807) is 7.05 Å². The van der Waals surface area contributed by atoms with Crippen LogP contribution in [0.5, 0.6) is 0 Å². The molecule has 0 saturated heterocycles. The molecule has 0 unspecified atom stereocenters. The minimum Gasteiger partial charge on any atom is -0.317 e. The number of hydrogen-bond donors (Lipinski definition) is 1. The predicted molar refractivity (Wildman–Crippen MR) is 84.2 cm³/mol. The van der Waals surface area contributed by atoms with Gasteiger partial charge < -0.3 is 5.32 Å². The van der Waals surface area contributed by atoms with Crippen LogP contribution in [-0.4, -0.2) is 38.6 Å². The molecule has 0 aliphatic carbocycles. The van der Waals surface area contributed by atoms with Crippen molar-refractivity contribution in [2.45, 2.75) is 33.2 Å². The van der Waals surface area contributed by atoms with E-state index in [4.69, 9.17) is 0 Å². The molecule has 20 heavy (non-hydrogen) atoms. The topological polar surface area (TPSA) is 49.4 Å². The zero-order valence-electron chi connectivity index (χ0n) is 12.7. The van der Waals surface area contributed by atoms with Gasteiger partial charge in [0.2, 0.25) is 10.0 Å². The van der Waals surface area contributed by atoms with Gasteiger partial charge in [-0.1, -0.05) is 36.8 Å². The lowest BCUT2D eigenvalue weighted by atomic mass is 10.1. The summed E-state index contributed by atoms with van der Waals surface area (Å²) in [4.78, 5) is 0. The molecule has 0 heterocycles. The Morgan fingerprint density at radius 1 is 1.15 bits per heavy atom. The van der Waals surface area contributed by atoms with E-state index >= 15 is 0 Å². The van der Waals surface area contributed by atoms with Crippen molar-refractivity contribution in [1.82, 2.24) is 9.62 Å². The molecule has 1 aromatic carbocycles. The number of nitrogens with zero attached hydrogens (tertiary/aromatic N) is 1. The fourth-order valence-corrected chi connectivity index (χ4v) is 3.05. The Kier molecular flexibility index (Phi) is 7.19. The van der Waals surface area contributed by atoms with Gasteiger partial charge in [-0.3, -0.25) is 0 Å². The molecule has 0 saturated carbocycles. The molecule has 0 bridgehead atoms. The smallest absolute Gasteiger partial charge is 0.214 e. The van der Waals surface area contributed by atoms with Gasteiger partial charge in [-0.2, -0.15) is 0 Å². The van der Waals surface area contributed by atoms with Gasteiger partial charge in [0, 0.05) is 13.6 Å². The van der Waals surface area contributed by atoms with E-state index in [1.807, 2.05) is 31.2 Å². The van der Waals surface area contributed by atoms with Crippen LogP contribution in [0.25, 0.3) is 0 Å². The van der Waals surface area contributed by atoms with Crippen LogP contribution in [0.3, 0.4) is 0 Å². The lowest BCUT2D eigenvalue weighted by Gasteiger charge is -2.17. The number of benzene rings is 1. The summed E-state index contributed by atoms with van der Waals surface area (Å²) in [6.45, 7) is 6.25. The highest BCUT2D eigenvalue weighted by atomic mass is 32.2. The van der Waals surface area contributed by atoms with Crippen LogP contribution in [-0.2, 0) is 16.6 Å². The molecular formula is C15H26N2O2S. The molecule has 0 spiro atoms. The Labute approximate surface area is 123 Å². The molecule has 114 valence electrons. The van der Waals surface area contributed by atoms with Crippen LogP contribution >= 0.6 is 0 Å². The van der Waals surface area contributed by atoms with Crippen LogP contribution in [0.4, 0.5) is 0 Å². The lowest BCUT2D eigenvalue weighted by Crippen LogP contribution is -2.30. The highest BCUT2D eigenvalue weighted by Gasteiger charge is 2.17. The fraction of sp³-hybridized carbons (Fsp3) is 0.600. The summed E-state index contributed by atoms with van der Waals surface area (Å²) in [6.07, 6.45) is 1.72. The lowest BCUT2D eigenvalue weighted by molar-refractivity contribution is 0.464. The Hall–Kier alpha value is -0.910. The highest BCUT2D eigenvalue weighted by Crippen LogP contribution is 2.09. The molecule has 1 N–H and O–H groups in total. The average molecular weight is 298 g/mol. The maximum Gasteiger partial charge on any atom is 0.214 e. The van der Waals surface area contributed by atoms with E-state index in [0.29, 0.717) is 13.0 Å². The highest BCUT2D eigenvalue weighted by molar-refractivity contribution is 7.89. The van der Waals surface area contributed by atoms with Crippen LogP contribution in [0.15, 0.2) is 24.3 Å². The monoisotopic (exact) mass is 298 g/mol. The second-order valence-corrected chi connectivity index (χ2v) is 7.36. The maximum absolute atomic E-state index is 12.1. The van der Waals surface area contributed by atoms with Gasteiger partial charge in [0.1, 0.15) is 0 Å². The van der Waals surface area contributed by atoms with E-state index in [-0.39, 0.29) is 5.75 Å². The minimum atomic E-state index is -3.16. The predicted octanol–water partition coefficient (Wildman–Crippen LogP) is 2.15. The Bertz CT molecular complexity index is 483. The largest absolute Gasteiger partial charge is 0.317 e. The standard InChI is InChI=1S/C15H26N2O2S/c1-4-10-16-11-5-12-20(18,19)17(3)13-15-8-6-14(2)7-9-15/h6-9,16H,4-5,10-13H2,1-3H3. The van der Waals surface area contributed by atoms with Crippen molar-refractivity contribution in [2.24, 2.45) is 0 Å². The van der Waals surface area contributed by atoms with Crippen molar-refractivity contribution < 1.29 is 8.42 Å². The van der Waals surface area contributed by atoms with Crippen LogP contribution in [0, 0.1) is 6.92 Å². The summed E-state index contributed by atoms with van der Waals surface area (Å²) < 4.78 is 25.7. The SMILES string of the molecule is CCCNCCCS(=O)(=O)N(C)Cc1ccc(C)cc1. The first kappa shape index (κ1) is 17.1. The molecule has 0 radical (unpaired) electrons. The third-order valence-corrected chi connectivity index (χ3v) is 5.07. The van der Waals surface area contributed by atoms with Crippen LogP contribution in [0.2, 0.25) is 0 Å². The summed E-state index contributed by atoms with van der Waals surface area (Å²) in [5, 5.41) is 3.22. The van der Waals surface area contributed by atoms with E-state index < -0.39 is 10.0 Å². The van der Waals surface area contributed by atoms with E-state index in [1.165, 1.54) is 9.87 Å². The molecule has 1 rings (SSSR count). The molecule has 5 heteroatoms. The van der Waals surface area contributed by atoms with Gasteiger partial charge >= 0.3 is 0 Å². The van der Waals surface area contributed by atoms with Crippen LogP contribution < -0.4 is 5.32 Å². The number of hydrogen-bond acceptors (Lipinski definition) is 3. The molecule has 1 aromatic rings. The molecule has 0 aromatic heterocycles. The second-order valence-electron chi connectivity index (χ2n) is 5.16. The third-order valence-electron chi connectivity index (χ3n) is 3.18. The van der Waals surface area contributed by atoms with Crippen LogP contribution in [0.1, 0.15) is 30.9 Å². The van der Waals surface area contributed by atoms with Gasteiger partial charge in [-0.05, 0) is 38.4 Å². The molecule has 0 aliphatic heterocycles. The first-order valence-corrected chi connectivity index (χ1v) is 8.77. The zero-order valence-corrected chi connectivity index (χ0v) is 13.5. The summed E-state index contributed by atoms with van der Waals surface area (Å²) in [6, 6.07) is 7.96. The Balaban J connectivity index is 2.44. The van der Waals surface area contributed by atoms with Crippen molar-refractivity contribution in [1.29, 1.82) is 0 Å². The van der Waals surface area contributed by atoms with E-state index in [2.05, 4.69) is 12.2 Å². The van der Waals surface area contributed by atoms with Gasteiger partial charge in [0.25, 0.3) is 0 Å². The zero-order chi connectivity index (χ0) is 15.0. The van der Waals surface area contributed by atoms with Gasteiger partial charge in [0.15, 0.2) is 0 Å². The third kappa shape index (κ3) is 6.03. The van der Waals surface area contributed by atoms with Gasteiger partial charge in [0.05, 0.1) is 5.75 Å². The van der Waals surface area contributed by atoms with E-state index in [0.717, 1.165) is 25.1 Å². The number of rotatable bonds is 9. The molecule has 0 amide bonds. The number of aryl methyl sites for hydroxylation is 1. The Morgan fingerprint density at radius 3 is 2.40 bits per heavy atom. The quantitative estimate of drug-likeness (QED) is 0.711. The summed E-state index contributed by atoms with van der Waals surface area (Å²) in [7, 11) is -1.51. The minimum absolute atomic E-state index is 0.200. The number of sulfonamides is 1. The first-order valence-electron chi connectivity index (χ1n) is 7.16. The molecule has 0 aliphatic rings.